The average molecular weight is 503 g/mol. The van der Waals surface area contributed by atoms with Crippen molar-refractivity contribution in [3.63, 3.8) is 0 Å². The summed E-state index contributed by atoms with van der Waals surface area (Å²) in [6, 6.07) is 17.7. The van der Waals surface area contributed by atoms with Gasteiger partial charge in [-0.05, 0) is 72.6 Å². The molecule has 8 heteroatoms. The Bertz CT molecular complexity index is 1100. The molecule has 2 aromatic carbocycles. The molecule has 2 atom stereocenters. The van der Waals surface area contributed by atoms with Crippen LogP contribution in [0.2, 0.25) is 0 Å². The first-order valence-corrected chi connectivity index (χ1v) is 13.2. The van der Waals surface area contributed by atoms with Gasteiger partial charge in [-0.25, -0.2) is 11.1 Å². The van der Waals surface area contributed by atoms with Crippen LogP contribution in [0.4, 0.5) is 0 Å². The Kier molecular flexibility index (Phi) is 8.15. The van der Waals surface area contributed by atoms with Crippen molar-refractivity contribution in [2.45, 2.75) is 77.7 Å². The van der Waals surface area contributed by atoms with Crippen molar-refractivity contribution in [1.82, 2.24) is 10.2 Å². The molecule has 3 N–H and O–H groups in total. The number of amides is 2. The van der Waals surface area contributed by atoms with Crippen LogP contribution < -0.4 is 5.32 Å². The topological polar surface area (TPSA) is 122 Å². The lowest BCUT2D eigenvalue weighted by Gasteiger charge is -2.41. The SMILES string of the molecule is CC(C)(C)C1CCC(N(Cc2ccc(C(=O)NC(N=N)N=N)cc2)C(=O)C2CC2c2ccccc2)CC1. The van der Waals surface area contributed by atoms with Crippen molar-refractivity contribution in [3.8, 4) is 0 Å². The molecule has 0 aromatic heterocycles. The monoisotopic (exact) mass is 502 g/mol. The Hall–Kier alpha value is -3.42. The van der Waals surface area contributed by atoms with E-state index < -0.39 is 12.2 Å². The average Bonchev–Trinajstić information content (AvgIpc) is 3.71. The van der Waals surface area contributed by atoms with E-state index in [0.29, 0.717) is 23.9 Å². The molecule has 2 aliphatic rings. The fourth-order valence-corrected chi connectivity index (χ4v) is 5.64. The second-order valence-corrected chi connectivity index (χ2v) is 11.5. The summed E-state index contributed by atoms with van der Waals surface area (Å²) in [7, 11) is 0. The van der Waals surface area contributed by atoms with Gasteiger partial charge in [-0.15, -0.1) is 10.2 Å². The summed E-state index contributed by atoms with van der Waals surface area (Å²) in [6.07, 6.45) is 4.00. The minimum Gasteiger partial charge on any atom is -0.335 e. The van der Waals surface area contributed by atoms with Crippen LogP contribution in [0.5, 0.6) is 0 Å². The molecule has 0 aliphatic heterocycles. The van der Waals surface area contributed by atoms with Crippen LogP contribution in [0.25, 0.3) is 0 Å². The number of nitrogens with zero attached hydrogens (tertiary/aromatic N) is 3. The zero-order valence-corrected chi connectivity index (χ0v) is 22.0. The molecule has 4 rings (SSSR count). The van der Waals surface area contributed by atoms with Gasteiger partial charge in [0.05, 0.1) is 0 Å². The second kappa shape index (κ2) is 11.3. The van der Waals surface area contributed by atoms with Gasteiger partial charge < -0.3 is 10.2 Å². The maximum atomic E-state index is 13.8. The number of hydrogen-bond acceptors (Lipinski definition) is 6. The van der Waals surface area contributed by atoms with Gasteiger partial charge in [-0.1, -0.05) is 63.2 Å². The summed E-state index contributed by atoms with van der Waals surface area (Å²) in [6.45, 7) is 7.46. The fraction of sp³-hybridized carbons (Fsp3) is 0.517. The first-order chi connectivity index (χ1) is 17.7. The molecule has 196 valence electrons. The normalized spacial score (nSPS) is 24.0. The third-order valence-corrected chi connectivity index (χ3v) is 8.05. The number of nitrogens with one attached hydrogen (secondary N) is 3. The van der Waals surface area contributed by atoms with Crippen molar-refractivity contribution in [1.29, 1.82) is 11.1 Å². The smallest absolute Gasteiger partial charge is 0.254 e. The molecule has 2 fully saturated rings. The van der Waals surface area contributed by atoms with Gasteiger partial charge >= 0.3 is 0 Å². The molecule has 2 saturated carbocycles. The summed E-state index contributed by atoms with van der Waals surface area (Å²) in [5, 5.41) is 8.59. The largest absolute Gasteiger partial charge is 0.335 e. The number of carbonyl (C=O) groups excluding carboxylic acids is 2. The molecule has 2 aliphatic carbocycles. The zero-order chi connectivity index (χ0) is 26.6. The van der Waals surface area contributed by atoms with Crippen LogP contribution in [-0.4, -0.2) is 29.0 Å². The minimum atomic E-state index is -1.21. The number of benzene rings is 2. The second-order valence-electron chi connectivity index (χ2n) is 11.5. The lowest BCUT2D eigenvalue weighted by atomic mass is 9.71. The molecule has 0 bridgehead atoms. The van der Waals surface area contributed by atoms with Crippen molar-refractivity contribution in [2.24, 2.45) is 27.5 Å². The van der Waals surface area contributed by atoms with Gasteiger partial charge in [0.1, 0.15) is 0 Å². The molecule has 0 saturated heterocycles. The summed E-state index contributed by atoms with van der Waals surface area (Å²) < 4.78 is 0. The quantitative estimate of drug-likeness (QED) is 0.339. The maximum Gasteiger partial charge on any atom is 0.254 e. The Labute approximate surface area is 219 Å². The van der Waals surface area contributed by atoms with E-state index in [1.54, 1.807) is 12.1 Å². The van der Waals surface area contributed by atoms with Crippen LogP contribution in [0.3, 0.4) is 0 Å². The molecule has 2 amide bonds. The van der Waals surface area contributed by atoms with E-state index in [4.69, 9.17) is 11.1 Å². The van der Waals surface area contributed by atoms with E-state index in [2.05, 4.69) is 53.3 Å². The molecule has 0 spiro atoms. The first-order valence-electron chi connectivity index (χ1n) is 13.2. The van der Waals surface area contributed by atoms with Crippen LogP contribution >= 0.6 is 0 Å². The Morgan fingerprint density at radius 3 is 2.16 bits per heavy atom. The van der Waals surface area contributed by atoms with Crippen LogP contribution in [0.15, 0.2) is 64.8 Å². The predicted octanol–water partition coefficient (Wildman–Crippen LogP) is 6.50. The number of hydrogen-bond donors (Lipinski definition) is 3. The van der Waals surface area contributed by atoms with Crippen LogP contribution in [0, 0.1) is 28.3 Å². The zero-order valence-electron chi connectivity index (χ0n) is 22.0. The number of rotatable bonds is 9. The Morgan fingerprint density at radius 2 is 1.59 bits per heavy atom. The fourth-order valence-electron chi connectivity index (χ4n) is 5.64. The van der Waals surface area contributed by atoms with Crippen LogP contribution in [0.1, 0.15) is 80.3 Å². The third kappa shape index (κ3) is 6.48. The molecule has 2 aromatic rings. The third-order valence-electron chi connectivity index (χ3n) is 8.05. The van der Waals surface area contributed by atoms with Gasteiger partial charge in [-0.3, -0.25) is 9.59 Å². The van der Waals surface area contributed by atoms with Crippen molar-refractivity contribution >= 4 is 11.8 Å². The summed E-state index contributed by atoms with van der Waals surface area (Å²) in [5.41, 5.74) is 16.9. The molecule has 37 heavy (non-hydrogen) atoms. The van der Waals surface area contributed by atoms with E-state index >= 15 is 0 Å². The molecular formula is C29H38N6O2. The standard InChI is InChI=1S/C29H38N6O2/c1-29(2,3)22-13-15-23(16-14-22)35(27(37)25-17-24(25)20-7-5-4-6-8-20)18-19-9-11-21(12-10-19)26(36)32-28(33-30)34-31/h4-12,22-25,28,30-31H,13-18H2,1-3H3,(H,32,36). The molecule has 8 nitrogen and oxygen atoms in total. The van der Waals surface area contributed by atoms with Gasteiger partial charge in [0, 0.05) is 24.1 Å². The predicted molar refractivity (Wildman–Crippen MR) is 141 cm³/mol. The molecule has 0 heterocycles. The van der Waals surface area contributed by atoms with Gasteiger partial charge in [0.15, 0.2) is 0 Å². The summed E-state index contributed by atoms with van der Waals surface area (Å²) >= 11 is 0. The highest BCUT2D eigenvalue weighted by molar-refractivity contribution is 5.94. The highest BCUT2D eigenvalue weighted by Crippen LogP contribution is 2.49. The van der Waals surface area contributed by atoms with E-state index in [-0.39, 0.29) is 23.3 Å². The highest BCUT2D eigenvalue weighted by Gasteiger charge is 2.47. The van der Waals surface area contributed by atoms with Gasteiger partial charge in [-0.2, -0.15) is 0 Å². The maximum absolute atomic E-state index is 13.8. The van der Waals surface area contributed by atoms with Crippen molar-refractivity contribution in [3.05, 3.63) is 71.3 Å². The molecule has 0 radical (unpaired) electrons. The molecular weight excluding hydrogens is 464 g/mol. The summed E-state index contributed by atoms with van der Waals surface area (Å²) in [4.78, 5) is 28.3. The minimum absolute atomic E-state index is 0.0342. The molecule has 2 unspecified atom stereocenters. The summed E-state index contributed by atoms with van der Waals surface area (Å²) in [5.74, 6) is 0.803. The van der Waals surface area contributed by atoms with Crippen molar-refractivity contribution < 1.29 is 9.59 Å². The Balaban J connectivity index is 1.48. The Morgan fingerprint density at radius 1 is 0.973 bits per heavy atom. The van der Waals surface area contributed by atoms with E-state index in [0.717, 1.165) is 37.7 Å². The van der Waals surface area contributed by atoms with Crippen molar-refractivity contribution in [2.75, 3.05) is 0 Å². The first kappa shape index (κ1) is 26.6. The highest BCUT2D eigenvalue weighted by atomic mass is 16.2. The number of carbonyl (C=O) groups is 2. The van der Waals surface area contributed by atoms with Gasteiger partial charge in [0.25, 0.3) is 12.2 Å². The lowest BCUT2D eigenvalue weighted by Crippen LogP contribution is -2.44. The van der Waals surface area contributed by atoms with E-state index in [9.17, 15) is 9.59 Å². The van der Waals surface area contributed by atoms with Gasteiger partial charge in [0.2, 0.25) is 5.91 Å². The van der Waals surface area contributed by atoms with E-state index in [1.165, 1.54) is 5.56 Å². The van der Waals surface area contributed by atoms with E-state index in [1.807, 2.05) is 30.3 Å². The lowest BCUT2D eigenvalue weighted by molar-refractivity contribution is -0.137. The van der Waals surface area contributed by atoms with Crippen LogP contribution in [-0.2, 0) is 11.3 Å².